The lowest BCUT2D eigenvalue weighted by Gasteiger charge is -2.51. The normalized spacial score (nSPS) is 38.7. The number of carbonyl (C=O) groups is 1. The fourth-order valence-corrected chi connectivity index (χ4v) is 2.49. The Labute approximate surface area is 90.4 Å². The zero-order valence-corrected chi connectivity index (χ0v) is 9.25. The van der Waals surface area contributed by atoms with Crippen molar-refractivity contribution in [2.45, 2.75) is 38.2 Å². The molecule has 1 aliphatic carbocycles. The van der Waals surface area contributed by atoms with Gasteiger partial charge in [0.05, 0.1) is 18.8 Å². The first kappa shape index (κ1) is 10.7. The Morgan fingerprint density at radius 1 is 1.47 bits per heavy atom. The number of hydrogen-bond acceptors (Lipinski definition) is 3. The van der Waals surface area contributed by atoms with E-state index in [9.17, 15) is 4.79 Å². The first-order valence-corrected chi connectivity index (χ1v) is 5.51. The van der Waals surface area contributed by atoms with Crippen LogP contribution in [0.4, 0.5) is 0 Å². The number of ether oxygens (including phenoxy) is 2. The monoisotopic (exact) mass is 210 g/mol. The zero-order valence-electron chi connectivity index (χ0n) is 9.25. The SMILES string of the molecule is C=CC12CCC(COC(C)=O)(CC1)CO2. The van der Waals surface area contributed by atoms with Gasteiger partial charge in [-0.2, -0.15) is 0 Å². The number of rotatable bonds is 3. The second-order valence-corrected chi connectivity index (χ2v) is 4.84. The molecule has 84 valence electrons. The van der Waals surface area contributed by atoms with Gasteiger partial charge in [-0.1, -0.05) is 6.08 Å². The molecule has 2 saturated heterocycles. The van der Waals surface area contributed by atoms with Crippen molar-refractivity contribution in [3.8, 4) is 0 Å². The molecule has 0 unspecified atom stereocenters. The number of esters is 1. The molecule has 3 aliphatic rings. The summed E-state index contributed by atoms with van der Waals surface area (Å²) in [5, 5.41) is 0. The highest BCUT2D eigenvalue weighted by Gasteiger charge is 2.48. The summed E-state index contributed by atoms with van der Waals surface area (Å²) in [7, 11) is 0. The molecule has 2 bridgehead atoms. The molecular weight excluding hydrogens is 192 g/mol. The van der Waals surface area contributed by atoms with E-state index in [1.807, 2.05) is 6.08 Å². The minimum atomic E-state index is -0.199. The summed E-state index contributed by atoms with van der Waals surface area (Å²) in [5.74, 6) is -0.199. The van der Waals surface area contributed by atoms with Crippen molar-refractivity contribution in [3.63, 3.8) is 0 Å². The van der Waals surface area contributed by atoms with Crippen LogP contribution >= 0.6 is 0 Å². The summed E-state index contributed by atoms with van der Waals surface area (Å²) in [6.07, 6.45) is 6.11. The van der Waals surface area contributed by atoms with Crippen LogP contribution in [0.5, 0.6) is 0 Å². The summed E-state index contributed by atoms with van der Waals surface area (Å²) in [6, 6.07) is 0. The Kier molecular flexibility index (Phi) is 2.59. The molecule has 0 atom stereocenters. The van der Waals surface area contributed by atoms with Gasteiger partial charge < -0.3 is 9.47 Å². The Hall–Kier alpha value is -0.830. The van der Waals surface area contributed by atoms with Gasteiger partial charge in [-0.3, -0.25) is 4.79 Å². The van der Waals surface area contributed by atoms with Gasteiger partial charge in [0.25, 0.3) is 0 Å². The maximum atomic E-state index is 10.8. The van der Waals surface area contributed by atoms with Crippen molar-refractivity contribution >= 4 is 5.97 Å². The van der Waals surface area contributed by atoms with Crippen LogP contribution in [-0.4, -0.2) is 24.8 Å². The molecule has 3 rings (SSSR count). The van der Waals surface area contributed by atoms with Crippen LogP contribution in [0.3, 0.4) is 0 Å². The number of carbonyl (C=O) groups excluding carboxylic acids is 1. The van der Waals surface area contributed by atoms with Gasteiger partial charge in [0.2, 0.25) is 0 Å². The van der Waals surface area contributed by atoms with Gasteiger partial charge in [0.1, 0.15) is 0 Å². The van der Waals surface area contributed by atoms with Crippen LogP contribution in [0.1, 0.15) is 32.6 Å². The molecular formula is C12H18O3. The van der Waals surface area contributed by atoms with Crippen LogP contribution in [0.15, 0.2) is 12.7 Å². The van der Waals surface area contributed by atoms with Crippen molar-refractivity contribution in [1.29, 1.82) is 0 Å². The highest BCUT2D eigenvalue weighted by Crippen LogP contribution is 2.49. The standard InChI is InChI=1S/C12H18O3/c1-3-12-6-4-11(5-7-12,9-15-12)8-14-10(2)13/h3H,1,4-9H2,2H3. The second-order valence-electron chi connectivity index (χ2n) is 4.84. The third-order valence-electron chi connectivity index (χ3n) is 3.78. The Morgan fingerprint density at radius 2 is 2.13 bits per heavy atom. The first-order chi connectivity index (χ1) is 7.10. The van der Waals surface area contributed by atoms with Crippen molar-refractivity contribution in [1.82, 2.24) is 0 Å². The molecule has 0 N–H and O–H groups in total. The van der Waals surface area contributed by atoms with Crippen molar-refractivity contribution < 1.29 is 14.3 Å². The van der Waals surface area contributed by atoms with E-state index in [4.69, 9.17) is 9.47 Å². The Morgan fingerprint density at radius 3 is 2.53 bits per heavy atom. The fourth-order valence-electron chi connectivity index (χ4n) is 2.49. The van der Waals surface area contributed by atoms with E-state index >= 15 is 0 Å². The molecule has 0 radical (unpaired) electrons. The van der Waals surface area contributed by atoms with E-state index in [2.05, 4.69) is 6.58 Å². The molecule has 0 aromatic carbocycles. The van der Waals surface area contributed by atoms with E-state index < -0.39 is 0 Å². The third kappa shape index (κ3) is 1.93. The predicted molar refractivity (Wildman–Crippen MR) is 56.4 cm³/mol. The highest BCUT2D eigenvalue weighted by molar-refractivity contribution is 5.65. The average Bonchev–Trinajstić information content (AvgIpc) is 2.29. The molecule has 0 aromatic heterocycles. The van der Waals surface area contributed by atoms with Gasteiger partial charge in [-0.25, -0.2) is 0 Å². The molecule has 3 fully saturated rings. The molecule has 0 spiro atoms. The lowest BCUT2D eigenvalue weighted by atomic mass is 9.66. The quantitative estimate of drug-likeness (QED) is 0.528. The number of fused-ring (bicyclic) bond motifs is 3. The summed E-state index contributed by atoms with van der Waals surface area (Å²) >= 11 is 0. The highest BCUT2D eigenvalue weighted by atomic mass is 16.5. The van der Waals surface area contributed by atoms with E-state index in [0.29, 0.717) is 13.2 Å². The molecule has 0 amide bonds. The van der Waals surface area contributed by atoms with Gasteiger partial charge in [0.15, 0.2) is 0 Å². The van der Waals surface area contributed by atoms with Gasteiger partial charge in [-0.15, -0.1) is 6.58 Å². The smallest absolute Gasteiger partial charge is 0.302 e. The second kappa shape index (κ2) is 3.63. The molecule has 3 nitrogen and oxygen atoms in total. The summed E-state index contributed by atoms with van der Waals surface area (Å²) in [6.45, 7) is 6.50. The van der Waals surface area contributed by atoms with Crippen molar-refractivity contribution in [3.05, 3.63) is 12.7 Å². The Bertz CT molecular complexity index is 258. The van der Waals surface area contributed by atoms with E-state index in [0.717, 1.165) is 25.7 Å². The minimum absolute atomic E-state index is 0.0798. The summed E-state index contributed by atoms with van der Waals surface area (Å²) in [5.41, 5.74) is -0.00555. The van der Waals surface area contributed by atoms with Crippen molar-refractivity contribution in [2.24, 2.45) is 5.41 Å². The van der Waals surface area contributed by atoms with Gasteiger partial charge in [-0.05, 0) is 25.7 Å². The van der Waals surface area contributed by atoms with Gasteiger partial charge in [0, 0.05) is 12.3 Å². The lowest BCUT2D eigenvalue weighted by molar-refractivity contribution is -0.182. The first-order valence-electron chi connectivity index (χ1n) is 5.51. The molecule has 1 saturated carbocycles. The lowest BCUT2D eigenvalue weighted by Crippen LogP contribution is -2.51. The van der Waals surface area contributed by atoms with Crippen LogP contribution in [0.2, 0.25) is 0 Å². The predicted octanol–water partition coefficient (Wildman–Crippen LogP) is 2.06. The summed E-state index contributed by atoms with van der Waals surface area (Å²) < 4.78 is 11.0. The Balaban J connectivity index is 1.97. The number of hydrogen-bond donors (Lipinski definition) is 0. The topological polar surface area (TPSA) is 35.5 Å². The average molecular weight is 210 g/mol. The fraction of sp³-hybridized carbons (Fsp3) is 0.750. The zero-order chi connectivity index (χ0) is 10.9. The largest absolute Gasteiger partial charge is 0.465 e. The maximum absolute atomic E-state index is 10.8. The van der Waals surface area contributed by atoms with Crippen molar-refractivity contribution in [2.75, 3.05) is 13.2 Å². The van der Waals surface area contributed by atoms with Crippen LogP contribution in [0, 0.1) is 5.41 Å². The van der Waals surface area contributed by atoms with Gasteiger partial charge >= 0.3 is 5.97 Å². The molecule has 3 heteroatoms. The molecule has 15 heavy (non-hydrogen) atoms. The van der Waals surface area contributed by atoms with E-state index in [-0.39, 0.29) is 17.0 Å². The molecule has 2 heterocycles. The summed E-state index contributed by atoms with van der Waals surface area (Å²) in [4.78, 5) is 10.8. The molecule has 2 aliphatic heterocycles. The van der Waals surface area contributed by atoms with Crippen LogP contribution in [0.25, 0.3) is 0 Å². The minimum Gasteiger partial charge on any atom is -0.465 e. The maximum Gasteiger partial charge on any atom is 0.302 e. The van der Waals surface area contributed by atoms with E-state index in [1.54, 1.807) is 0 Å². The van der Waals surface area contributed by atoms with Crippen LogP contribution in [-0.2, 0) is 14.3 Å². The van der Waals surface area contributed by atoms with Crippen LogP contribution < -0.4 is 0 Å². The molecule has 0 aromatic rings. The third-order valence-corrected chi connectivity index (χ3v) is 3.78. The van der Waals surface area contributed by atoms with E-state index in [1.165, 1.54) is 6.92 Å².